The van der Waals surface area contributed by atoms with E-state index in [0.29, 0.717) is 6.61 Å². The third-order valence-electron chi connectivity index (χ3n) is 3.83. The van der Waals surface area contributed by atoms with Crippen molar-refractivity contribution in [3.05, 3.63) is 12.1 Å². The van der Waals surface area contributed by atoms with Gasteiger partial charge in [-0.15, -0.1) is 0 Å². The van der Waals surface area contributed by atoms with Crippen LogP contribution in [0.5, 0.6) is 0 Å². The molecule has 112 valence electrons. The molecule has 6 heteroatoms. The maximum absolute atomic E-state index is 8.94. The Kier molecular flexibility index (Phi) is 7.54. The summed E-state index contributed by atoms with van der Waals surface area (Å²) >= 11 is 0. The van der Waals surface area contributed by atoms with E-state index in [4.69, 9.17) is 19.2 Å². The average Bonchev–Trinajstić information content (AvgIpc) is 2.25. The minimum atomic E-state index is -1.74. The zero-order chi connectivity index (χ0) is 15.3. The molecule has 0 fully saturated rings. The van der Waals surface area contributed by atoms with Gasteiger partial charge in [0.05, 0.1) is 6.10 Å². The van der Waals surface area contributed by atoms with Gasteiger partial charge in [-0.1, -0.05) is 33.8 Å². The van der Waals surface area contributed by atoms with Gasteiger partial charge < -0.3 is 19.2 Å². The minimum Gasteiger partial charge on any atom is -0.523 e. The van der Waals surface area contributed by atoms with Gasteiger partial charge in [-0.25, -0.2) is 0 Å². The second kappa shape index (κ2) is 7.59. The van der Waals surface area contributed by atoms with E-state index in [0.717, 1.165) is 0 Å². The molecular formula is C13H30BO4Si+. The smallest absolute Gasteiger partial charge is 0.523 e. The van der Waals surface area contributed by atoms with E-state index in [9.17, 15) is 0 Å². The van der Waals surface area contributed by atoms with Crippen LogP contribution in [0.1, 0.15) is 27.7 Å². The Bertz CT molecular complexity index is 287. The quantitative estimate of drug-likeness (QED) is 0.575. The van der Waals surface area contributed by atoms with Crippen molar-refractivity contribution in [3.8, 4) is 0 Å². The molecule has 2 atom stereocenters. The highest BCUT2D eigenvalue weighted by Gasteiger charge is 2.37. The molecule has 4 nitrogen and oxygen atoms in total. The van der Waals surface area contributed by atoms with Crippen molar-refractivity contribution in [2.45, 2.75) is 51.9 Å². The van der Waals surface area contributed by atoms with Crippen molar-refractivity contribution in [1.29, 1.82) is 0 Å². The second-order valence-corrected chi connectivity index (χ2v) is 11.4. The van der Waals surface area contributed by atoms with Crippen LogP contribution in [0.3, 0.4) is 0 Å². The van der Waals surface area contributed by atoms with Crippen LogP contribution in [-0.4, -0.2) is 45.3 Å². The Balaban J connectivity index is 4.47. The van der Waals surface area contributed by atoms with Gasteiger partial charge in [-0.2, -0.15) is 0 Å². The predicted octanol–water partition coefficient (Wildman–Crippen LogP) is 1.96. The molecule has 0 spiro atoms. The number of methoxy groups -OCH3 is 1. The second-order valence-electron chi connectivity index (χ2n) is 6.58. The van der Waals surface area contributed by atoms with Crippen LogP contribution in [-0.2, 0) is 9.16 Å². The van der Waals surface area contributed by atoms with Crippen LogP contribution < -0.4 is 0 Å². The van der Waals surface area contributed by atoms with Crippen molar-refractivity contribution in [2.24, 2.45) is 5.92 Å². The molecular weight excluding hydrogens is 259 g/mol. The zero-order valence-corrected chi connectivity index (χ0v) is 14.4. The van der Waals surface area contributed by atoms with E-state index in [1.54, 1.807) is 13.2 Å². The summed E-state index contributed by atoms with van der Waals surface area (Å²) in [7, 11) is -1.29. The Morgan fingerprint density at radius 3 is 2.26 bits per heavy atom. The molecule has 0 aromatic heterocycles. The summed E-state index contributed by atoms with van der Waals surface area (Å²) in [5, 5.41) is 16.2. The normalized spacial score (nSPS) is 16.7. The molecule has 0 aromatic carbocycles. The third kappa shape index (κ3) is 6.72. The maximum Gasteiger partial charge on any atom is 0.719 e. The van der Waals surface area contributed by atoms with Crippen molar-refractivity contribution in [3.63, 3.8) is 0 Å². The van der Waals surface area contributed by atoms with Crippen LogP contribution in [0.25, 0.3) is 0 Å². The summed E-state index contributed by atoms with van der Waals surface area (Å²) in [5.74, 6) is 1.62. The number of ether oxygens (including phenoxy) is 1. The molecule has 0 aliphatic rings. The SMILES string of the molecule is CO[C@H](/C=C/B(O)[OH2+])[C@H](C)CO[Si](C)(C)C(C)(C)C. The van der Waals surface area contributed by atoms with Gasteiger partial charge in [0.2, 0.25) is 0 Å². The Hall–Kier alpha value is -0.138. The zero-order valence-electron chi connectivity index (χ0n) is 13.4. The first-order chi connectivity index (χ1) is 8.51. The first-order valence-electron chi connectivity index (χ1n) is 6.75. The average molecular weight is 289 g/mol. The lowest BCUT2D eigenvalue weighted by atomic mass is 9.89. The molecule has 0 radical (unpaired) electrons. The van der Waals surface area contributed by atoms with E-state index >= 15 is 0 Å². The monoisotopic (exact) mass is 289 g/mol. The van der Waals surface area contributed by atoms with Crippen molar-refractivity contribution in [2.75, 3.05) is 13.7 Å². The van der Waals surface area contributed by atoms with Gasteiger partial charge in [0.25, 0.3) is 0 Å². The molecule has 0 aromatic rings. The molecule has 0 saturated carbocycles. The highest BCUT2D eigenvalue weighted by molar-refractivity contribution is 6.74. The van der Waals surface area contributed by atoms with Crippen molar-refractivity contribution in [1.82, 2.24) is 0 Å². The minimum absolute atomic E-state index is 0.134. The lowest BCUT2D eigenvalue weighted by molar-refractivity contribution is 0.0691. The summed E-state index contributed by atoms with van der Waals surface area (Å²) < 4.78 is 11.5. The molecule has 0 saturated heterocycles. The predicted molar refractivity (Wildman–Crippen MR) is 83.8 cm³/mol. The lowest BCUT2D eigenvalue weighted by Crippen LogP contribution is -2.42. The van der Waals surface area contributed by atoms with E-state index in [2.05, 4.69) is 40.8 Å². The Labute approximate surface area is 119 Å². The Morgan fingerprint density at radius 1 is 1.37 bits per heavy atom. The topological polar surface area (TPSA) is 61.6 Å². The van der Waals surface area contributed by atoms with Gasteiger partial charge in [0.1, 0.15) is 0 Å². The summed E-state index contributed by atoms with van der Waals surface area (Å²) in [6.07, 6.45) is 1.60. The van der Waals surface area contributed by atoms with Crippen molar-refractivity contribution >= 4 is 15.4 Å². The van der Waals surface area contributed by atoms with Crippen LogP contribution >= 0.6 is 0 Å². The summed E-state index contributed by atoms with van der Waals surface area (Å²) in [4.78, 5) is 0. The standard InChI is InChI=1S/C13H29BO4Si/c1-11(12(17-5)8-9-14(15)16)10-18-19(6,7)13(2,3)4/h8-9,11-12,15-16H,10H2,1-7H3/p+1/b9-8+/t11-,12-/m1/s1. The molecule has 0 aliphatic heterocycles. The van der Waals surface area contributed by atoms with Gasteiger partial charge in [0, 0.05) is 25.6 Å². The fourth-order valence-corrected chi connectivity index (χ4v) is 2.48. The molecule has 0 rings (SSSR count). The largest absolute Gasteiger partial charge is 0.719 e. The molecule has 0 bridgehead atoms. The van der Waals surface area contributed by atoms with Gasteiger partial charge >= 0.3 is 7.12 Å². The molecule has 0 aliphatic carbocycles. The summed E-state index contributed by atoms with van der Waals surface area (Å²) in [6, 6.07) is 0. The van der Waals surface area contributed by atoms with E-state index in [-0.39, 0.29) is 17.1 Å². The number of hydrogen-bond donors (Lipinski definition) is 1. The number of hydrogen-bond acceptors (Lipinski definition) is 3. The first-order valence-corrected chi connectivity index (χ1v) is 9.66. The van der Waals surface area contributed by atoms with Crippen LogP contribution in [0.4, 0.5) is 0 Å². The maximum atomic E-state index is 8.94. The highest BCUT2D eigenvalue weighted by Crippen LogP contribution is 2.36. The van der Waals surface area contributed by atoms with Crippen LogP contribution in [0.2, 0.25) is 18.1 Å². The summed E-state index contributed by atoms with van der Waals surface area (Å²) in [5.41, 5.74) is 0. The van der Waals surface area contributed by atoms with E-state index in [1.165, 1.54) is 5.98 Å². The van der Waals surface area contributed by atoms with Gasteiger partial charge in [-0.3, -0.25) is 0 Å². The Morgan fingerprint density at radius 2 is 1.89 bits per heavy atom. The lowest BCUT2D eigenvalue weighted by Gasteiger charge is -2.37. The molecule has 0 heterocycles. The van der Waals surface area contributed by atoms with Crippen LogP contribution in [0, 0.1) is 5.92 Å². The van der Waals surface area contributed by atoms with Crippen molar-refractivity contribution < 1.29 is 19.2 Å². The molecule has 0 amide bonds. The number of rotatable bonds is 7. The van der Waals surface area contributed by atoms with Crippen LogP contribution in [0.15, 0.2) is 12.1 Å². The van der Waals surface area contributed by atoms with E-state index in [1.807, 2.05) is 0 Å². The molecule has 19 heavy (non-hydrogen) atoms. The fraction of sp³-hybridized carbons (Fsp3) is 0.846. The van der Waals surface area contributed by atoms with Gasteiger partial charge in [0.15, 0.2) is 8.32 Å². The molecule has 3 N–H and O–H groups in total. The van der Waals surface area contributed by atoms with Gasteiger partial charge in [-0.05, 0) is 18.1 Å². The summed E-state index contributed by atoms with van der Waals surface area (Å²) in [6.45, 7) is 13.8. The molecule has 0 unspecified atom stereocenters. The fourth-order valence-electron chi connectivity index (χ4n) is 1.37. The van der Waals surface area contributed by atoms with E-state index < -0.39 is 15.4 Å². The third-order valence-corrected chi connectivity index (χ3v) is 8.33. The highest BCUT2D eigenvalue weighted by atomic mass is 28.4. The first kappa shape index (κ1) is 18.9.